The molecule has 1 aromatic rings. The number of hydrogen-bond donors (Lipinski definition) is 2. The van der Waals surface area contributed by atoms with Crippen LogP contribution in [0.4, 0.5) is 0 Å². The summed E-state index contributed by atoms with van der Waals surface area (Å²) in [7, 11) is -2.34. The molecule has 1 heterocycles. The first-order valence-corrected chi connectivity index (χ1v) is 7.18. The van der Waals surface area contributed by atoms with Crippen molar-refractivity contribution in [3.63, 3.8) is 0 Å². The van der Waals surface area contributed by atoms with Gasteiger partial charge >= 0.3 is 5.97 Å². The van der Waals surface area contributed by atoms with Crippen LogP contribution in [-0.2, 0) is 17.1 Å². The lowest BCUT2D eigenvalue weighted by molar-refractivity contribution is 0.0686. The van der Waals surface area contributed by atoms with Gasteiger partial charge in [-0.2, -0.15) is 4.72 Å². The molecule has 1 rings (SSSR count). The van der Waals surface area contributed by atoms with E-state index in [0.29, 0.717) is 6.42 Å². The zero-order chi connectivity index (χ0) is 14.6. The van der Waals surface area contributed by atoms with Crippen LogP contribution < -0.4 is 4.72 Å². The van der Waals surface area contributed by atoms with Crippen molar-refractivity contribution >= 4 is 16.0 Å². The minimum absolute atomic E-state index is 0.104. The van der Waals surface area contributed by atoms with Crippen molar-refractivity contribution in [3.05, 3.63) is 18.0 Å². The molecule has 104 valence electrons. The zero-order valence-corrected chi connectivity index (χ0v) is 11.6. The first-order chi connectivity index (χ1) is 8.81. The molecule has 0 spiro atoms. The fourth-order valence-corrected chi connectivity index (χ4v) is 2.87. The lowest BCUT2D eigenvalue weighted by Gasteiger charge is -2.11. The number of carboxylic acid groups (broad SMARTS) is 1. The quantitative estimate of drug-likeness (QED) is 0.756. The average molecular weight is 284 g/mol. The third-order valence-corrected chi connectivity index (χ3v) is 4.02. The van der Waals surface area contributed by atoms with Gasteiger partial charge in [0.15, 0.2) is 0 Å². The van der Waals surface area contributed by atoms with Crippen LogP contribution in [0.25, 0.3) is 0 Å². The fourth-order valence-electron chi connectivity index (χ4n) is 1.61. The second-order valence-corrected chi connectivity index (χ2v) is 5.82. The highest BCUT2D eigenvalue weighted by Gasteiger charge is 2.22. The van der Waals surface area contributed by atoms with Gasteiger partial charge < -0.3 is 9.67 Å². The molecule has 0 saturated heterocycles. The van der Waals surface area contributed by atoms with Crippen molar-refractivity contribution in [2.75, 3.05) is 0 Å². The molecule has 6 nitrogen and oxygen atoms in total. The van der Waals surface area contributed by atoms with Crippen molar-refractivity contribution in [2.45, 2.75) is 30.7 Å². The first-order valence-electron chi connectivity index (χ1n) is 5.70. The second-order valence-electron chi connectivity index (χ2n) is 4.11. The Bertz CT molecular complexity index is 610. The molecule has 0 aliphatic carbocycles. The molecule has 0 fully saturated rings. The van der Waals surface area contributed by atoms with E-state index < -0.39 is 22.0 Å². The van der Waals surface area contributed by atoms with Crippen LogP contribution >= 0.6 is 0 Å². The summed E-state index contributed by atoms with van der Waals surface area (Å²) >= 11 is 0. The van der Waals surface area contributed by atoms with E-state index in [-0.39, 0.29) is 10.6 Å². The molecular weight excluding hydrogens is 268 g/mol. The van der Waals surface area contributed by atoms with Gasteiger partial charge in [0, 0.05) is 13.2 Å². The van der Waals surface area contributed by atoms with Gasteiger partial charge in [-0.25, -0.2) is 13.2 Å². The number of nitrogens with zero attached hydrogens (tertiary/aromatic N) is 1. The SMILES string of the molecule is C#CC(CCC)NS(=O)(=O)c1cc(C(=O)O)n(C)c1. The van der Waals surface area contributed by atoms with E-state index in [1.807, 2.05) is 6.92 Å². The molecule has 0 saturated carbocycles. The molecule has 0 amide bonds. The summed E-state index contributed by atoms with van der Waals surface area (Å²) in [5, 5.41) is 8.89. The van der Waals surface area contributed by atoms with Crippen LogP contribution in [0.5, 0.6) is 0 Å². The van der Waals surface area contributed by atoms with E-state index in [1.54, 1.807) is 0 Å². The summed E-state index contributed by atoms with van der Waals surface area (Å²) in [5.74, 6) is 1.17. The second kappa shape index (κ2) is 5.91. The number of nitrogens with one attached hydrogen (secondary N) is 1. The topological polar surface area (TPSA) is 88.4 Å². The predicted molar refractivity (Wildman–Crippen MR) is 70.2 cm³/mol. The molecular formula is C12H16N2O4S. The van der Waals surface area contributed by atoms with Crippen molar-refractivity contribution in [1.82, 2.24) is 9.29 Å². The molecule has 0 radical (unpaired) electrons. The first kappa shape index (κ1) is 15.3. The highest BCUT2D eigenvalue weighted by atomic mass is 32.2. The van der Waals surface area contributed by atoms with E-state index in [9.17, 15) is 13.2 Å². The minimum atomic E-state index is -3.81. The molecule has 7 heteroatoms. The van der Waals surface area contributed by atoms with Gasteiger partial charge in [0.2, 0.25) is 10.0 Å². The van der Waals surface area contributed by atoms with Crippen molar-refractivity contribution in [2.24, 2.45) is 7.05 Å². The van der Waals surface area contributed by atoms with E-state index in [0.717, 1.165) is 12.5 Å². The molecule has 1 unspecified atom stereocenters. The molecule has 2 N–H and O–H groups in total. The van der Waals surface area contributed by atoms with Crippen LogP contribution in [-0.4, -0.2) is 30.1 Å². The highest BCUT2D eigenvalue weighted by Crippen LogP contribution is 2.14. The van der Waals surface area contributed by atoms with Gasteiger partial charge in [-0.15, -0.1) is 6.42 Å². The summed E-state index contributed by atoms with van der Waals surface area (Å²) in [6, 6.07) is 0.507. The Kier molecular flexibility index (Phi) is 4.75. The molecule has 0 aliphatic heterocycles. The number of carboxylic acids is 1. The maximum absolute atomic E-state index is 12.1. The summed E-state index contributed by atoms with van der Waals surface area (Å²) < 4.78 is 27.7. The maximum atomic E-state index is 12.1. The monoisotopic (exact) mass is 284 g/mol. The van der Waals surface area contributed by atoms with E-state index in [4.69, 9.17) is 11.5 Å². The molecule has 0 aromatic carbocycles. The van der Waals surface area contributed by atoms with Gasteiger partial charge in [0.25, 0.3) is 0 Å². The van der Waals surface area contributed by atoms with Crippen LogP contribution in [0.15, 0.2) is 17.2 Å². The average Bonchev–Trinajstić information content (AvgIpc) is 2.71. The number of terminal acetylenes is 1. The van der Waals surface area contributed by atoms with Crippen molar-refractivity contribution in [3.8, 4) is 12.3 Å². The summed E-state index contributed by atoms with van der Waals surface area (Å²) in [4.78, 5) is 10.8. The molecule has 0 aliphatic rings. The van der Waals surface area contributed by atoms with Crippen molar-refractivity contribution < 1.29 is 18.3 Å². The molecule has 1 atom stereocenters. The third kappa shape index (κ3) is 3.59. The summed E-state index contributed by atoms with van der Waals surface area (Å²) in [6.45, 7) is 1.89. The van der Waals surface area contributed by atoms with Gasteiger partial charge in [-0.05, 0) is 12.5 Å². The van der Waals surface area contributed by atoms with Gasteiger partial charge in [-0.1, -0.05) is 19.3 Å². The van der Waals surface area contributed by atoms with E-state index in [1.165, 1.54) is 17.8 Å². The smallest absolute Gasteiger partial charge is 0.352 e. The normalized spacial score (nSPS) is 12.9. The number of hydrogen-bond acceptors (Lipinski definition) is 3. The summed E-state index contributed by atoms with van der Waals surface area (Å²) in [5.41, 5.74) is -0.104. The Morgan fingerprint density at radius 3 is 2.68 bits per heavy atom. The number of aromatic carboxylic acids is 1. The third-order valence-electron chi connectivity index (χ3n) is 2.59. The Morgan fingerprint density at radius 2 is 2.26 bits per heavy atom. The predicted octanol–water partition coefficient (Wildman–Crippen LogP) is 0.803. The Labute approximate surface area is 112 Å². The van der Waals surface area contributed by atoms with Crippen LogP contribution in [0, 0.1) is 12.3 Å². The van der Waals surface area contributed by atoms with Crippen molar-refractivity contribution in [1.29, 1.82) is 0 Å². The molecule has 0 bridgehead atoms. The number of aryl methyl sites for hydroxylation is 1. The number of rotatable bonds is 6. The lowest BCUT2D eigenvalue weighted by atomic mass is 10.2. The fraction of sp³-hybridized carbons (Fsp3) is 0.417. The zero-order valence-electron chi connectivity index (χ0n) is 10.8. The van der Waals surface area contributed by atoms with Crippen LogP contribution in [0.3, 0.4) is 0 Å². The number of carbonyl (C=O) groups is 1. The van der Waals surface area contributed by atoms with Crippen LogP contribution in [0.1, 0.15) is 30.3 Å². The Morgan fingerprint density at radius 1 is 1.63 bits per heavy atom. The molecule has 1 aromatic heterocycles. The number of sulfonamides is 1. The van der Waals surface area contributed by atoms with Gasteiger partial charge in [0.05, 0.1) is 6.04 Å². The Balaban J connectivity index is 3.04. The van der Waals surface area contributed by atoms with Gasteiger partial charge in [0.1, 0.15) is 10.6 Å². The maximum Gasteiger partial charge on any atom is 0.352 e. The minimum Gasteiger partial charge on any atom is -0.477 e. The Hall–Kier alpha value is -1.78. The molecule has 19 heavy (non-hydrogen) atoms. The van der Waals surface area contributed by atoms with Gasteiger partial charge in [-0.3, -0.25) is 0 Å². The number of aromatic nitrogens is 1. The highest BCUT2D eigenvalue weighted by molar-refractivity contribution is 7.89. The lowest BCUT2D eigenvalue weighted by Crippen LogP contribution is -2.33. The van der Waals surface area contributed by atoms with E-state index >= 15 is 0 Å². The van der Waals surface area contributed by atoms with E-state index in [2.05, 4.69) is 10.6 Å². The summed E-state index contributed by atoms with van der Waals surface area (Å²) in [6.07, 6.45) is 7.76. The van der Waals surface area contributed by atoms with Crippen LogP contribution in [0.2, 0.25) is 0 Å². The largest absolute Gasteiger partial charge is 0.477 e. The standard InChI is InChI=1S/C12H16N2O4S/c1-4-6-9(5-2)13-19(17,18)10-7-11(12(15)16)14(3)8-10/h2,7-9,13H,4,6H2,1,3H3,(H,15,16).